The Morgan fingerprint density at radius 2 is 1.84 bits per heavy atom. The number of hydrogen-bond donors (Lipinski definition) is 1. The highest BCUT2D eigenvalue weighted by Crippen LogP contribution is 2.39. The third kappa shape index (κ3) is 3.54. The topological polar surface area (TPSA) is 77.0 Å². The Balaban J connectivity index is 1.38. The zero-order valence-corrected chi connectivity index (χ0v) is 14.1. The van der Waals surface area contributed by atoms with Gasteiger partial charge in [-0.2, -0.15) is 0 Å². The highest BCUT2D eigenvalue weighted by molar-refractivity contribution is 5.93. The molecule has 1 aliphatic heterocycles. The number of pyridine rings is 1. The lowest BCUT2D eigenvalue weighted by Crippen LogP contribution is -2.37. The van der Waals surface area contributed by atoms with E-state index in [1.54, 1.807) is 24.8 Å². The van der Waals surface area contributed by atoms with Gasteiger partial charge in [0.25, 0.3) is 5.91 Å². The summed E-state index contributed by atoms with van der Waals surface area (Å²) in [6.07, 6.45) is 13.4. The molecule has 1 aliphatic carbocycles. The number of carbonyl (C=O) groups is 1. The van der Waals surface area contributed by atoms with Crippen molar-refractivity contribution in [2.75, 3.05) is 6.61 Å². The maximum absolute atomic E-state index is 12.5. The Morgan fingerprint density at radius 3 is 2.56 bits per heavy atom. The van der Waals surface area contributed by atoms with Gasteiger partial charge in [-0.05, 0) is 31.4 Å². The van der Waals surface area contributed by atoms with E-state index < -0.39 is 0 Å². The summed E-state index contributed by atoms with van der Waals surface area (Å²) in [5, 5.41) is 3.07. The van der Waals surface area contributed by atoms with E-state index in [0.29, 0.717) is 18.0 Å². The van der Waals surface area contributed by atoms with E-state index in [9.17, 15) is 4.79 Å². The molecule has 1 spiro atoms. The molecule has 0 radical (unpaired) electrons. The second-order valence-electron chi connectivity index (χ2n) is 6.96. The fourth-order valence-electron chi connectivity index (χ4n) is 3.85. The molecule has 2 aromatic rings. The first-order chi connectivity index (χ1) is 12.2. The minimum Gasteiger partial charge on any atom is -0.373 e. The van der Waals surface area contributed by atoms with E-state index in [2.05, 4.69) is 20.3 Å². The molecule has 6 nitrogen and oxygen atoms in total. The average molecular weight is 338 g/mol. The van der Waals surface area contributed by atoms with Crippen LogP contribution in [0.15, 0.2) is 36.9 Å². The van der Waals surface area contributed by atoms with Gasteiger partial charge in [-0.1, -0.05) is 19.3 Å². The minimum absolute atomic E-state index is 0.00208. The van der Waals surface area contributed by atoms with E-state index in [-0.39, 0.29) is 17.6 Å². The summed E-state index contributed by atoms with van der Waals surface area (Å²) in [5.41, 5.74) is 1.35. The third-order valence-corrected chi connectivity index (χ3v) is 5.16. The molecule has 2 aromatic heterocycles. The van der Waals surface area contributed by atoms with Crippen molar-refractivity contribution < 1.29 is 9.53 Å². The van der Waals surface area contributed by atoms with Crippen molar-refractivity contribution in [3.63, 3.8) is 0 Å². The molecule has 2 aliphatic rings. The Bertz CT molecular complexity index is 727. The van der Waals surface area contributed by atoms with Crippen LogP contribution in [0, 0.1) is 0 Å². The molecule has 1 atom stereocenters. The molecule has 6 heteroatoms. The fraction of sp³-hybridized carbons (Fsp3) is 0.474. The number of aromatic nitrogens is 3. The predicted molar refractivity (Wildman–Crippen MR) is 92.9 cm³/mol. The number of hydrogen-bond acceptors (Lipinski definition) is 5. The molecule has 1 saturated heterocycles. The van der Waals surface area contributed by atoms with Crippen molar-refractivity contribution in [3.8, 4) is 11.4 Å². The molecule has 0 unspecified atom stereocenters. The molecular weight excluding hydrogens is 316 g/mol. The van der Waals surface area contributed by atoms with Crippen LogP contribution in [0.5, 0.6) is 0 Å². The summed E-state index contributed by atoms with van der Waals surface area (Å²) in [7, 11) is 0. The highest BCUT2D eigenvalue weighted by Gasteiger charge is 2.41. The standard InChI is InChI=1S/C19H22N4O2/c24-18(23-16-10-19(25-13-16)6-2-1-3-7-19)15-11-21-17(22-12-15)14-4-8-20-9-5-14/h4-5,8-9,11-12,16H,1-3,6-7,10,13H2,(H,23,24)/t16-/m1/s1. The van der Waals surface area contributed by atoms with Gasteiger partial charge in [-0.15, -0.1) is 0 Å². The molecule has 1 amide bonds. The van der Waals surface area contributed by atoms with E-state index in [1.807, 2.05) is 12.1 Å². The van der Waals surface area contributed by atoms with Gasteiger partial charge in [-0.3, -0.25) is 9.78 Å². The monoisotopic (exact) mass is 338 g/mol. The third-order valence-electron chi connectivity index (χ3n) is 5.16. The summed E-state index contributed by atoms with van der Waals surface area (Å²) >= 11 is 0. The maximum atomic E-state index is 12.5. The second-order valence-corrected chi connectivity index (χ2v) is 6.96. The van der Waals surface area contributed by atoms with Crippen LogP contribution in [-0.2, 0) is 4.74 Å². The van der Waals surface area contributed by atoms with Gasteiger partial charge in [0.15, 0.2) is 5.82 Å². The molecule has 3 heterocycles. The van der Waals surface area contributed by atoms with Crippen molar-refractivity contribution in [1.82, 2.24) is 20.3 Å². The smallest absolute Gasteiger partial charge is 0.254 e. The van der Waals surface area contributed by atoms with Gasteiger partial charge in [0.2, 0.25) is 0 Å². The highest BCUT2D eigenvalue weighted by atomic mass is 16.5. The van der Waals surface area contributed by atoms with Gasteiger partial charge < -0.3 is 10.1 Å². The van der Waals surface area contributed by atoms with Gasteiger partial charge >= 0.3 is 0 Å². The summed E-state index contributed by atoms with van der Waals surface area (Å²) in [5.74, 6) is 0.451. The summed E-state index contributed by atoms with van der Waals surface area (Å²) in [6.45, 7) is 0.599. The fourth-order valence-corrected chi connectivity index (χ4v) is 3.85. The Morgan fingerprint density at radius 1 is 1.12 bits per heavy atom. The van der Waals surface area contributed by atoms with Gasteiger partial charge in [0.1, 0.15) is 0 Å². The lowest BCUT2D eigenvalue weighted by Gasteiger charge is -2.32. The second kappa shape index (κ2) is 6.88. The number of nitrogens with one attached hydrogen (secondary N) is 1. The number of carbonyl (C=O) groups excluding carboxylic acids is 1. The van der Waals surface area contributed by atoms with E-state index in [1.165, 1.54) is 19.3 Å². The largest absolute Gasteiger partial charge is 0.373 e. The van der Waals surface area contributed by atoms with Crippen molar-refractivity contribution in [2.24, 2.45) is 0 Å². The summed E-state index contributed by atoms with van der Waals surface area (Å²) in [6, 6.07) is 3.76. The van der Waals surface area contributed by atoms with Crippen LogP contribution in [-0.4, -0.2) is 39.1 Å². The van der Waals surface area contributed by atoms with E-state index >= 15 is 0 Å². The van der Waals surface area contributed by atoms with Crippen molar-refractivity contribution in [1.29, 1.82) is 0 Å². The lowest BCUT2D eigenvalue weighted by molar-refractivity contribution is -0.0246. The van der Waals surface area contributed by atoms with Crippen LogP contribution in [0.25, 0.3) is 11.4 Å². The van der Waals surface area contributed by atoms with Crippen LogP contribution in [0.1, 0.15) is 48.9 Å². The molecule has 2 fully saturated rings. The van der Waals surface area contributed by atoms with Crippen LogP contribution < -0.4 is 5.32 Å². The number of amides is 1. The first-order valence-electron chi connectivity index (χ1n) is 8.91. The maximum Gasteiger partial charge on any atom is 0.254 e. The zero-order valence-electron chi connectivity index (χ0n) is 14.1. The molecule has 130 valence electrons. The molecule has 4 rings (SSSR count). The molecule has 25 heavy (non-hydrogen) atoms. The molecule has 1 saturated carbocycles. The first-order valence-corrected chi connectivity index (χ1v) is 8.91. The zero-order chi connectivity index (χ0) is 17.1. The van der Waals surface area contributed by atoms with Crippen molar-refractivity contribution in [2.45, 2.75) is 50.2 Å². The Hall–Kier alpha value is -2.34. The summed E-state index contributed by atoms with van der Waals surface area (Å²) < 4.78 is 6.06. The Labute approximate surface area is 147 Å². The van der Waals surface area contributed by atoms with Crippen LogP contribution in [0.4, 0.5) is 0 Å². The van der Waals surface area contributed by atoms with Crippen LogP contribution >= 0.6 is 0 Å². The van der Waals surface area contributed by atoms with Crippen LogP contribution in [0.3, 0.4) is 0 Å². The quantitative estimate of drug-likeness (QED) is 0.931. The van der Waals surface area contributed by atoms with Crippen LogP contribution in [0.2, 0.25) is 0 Å². The minimum atomic E-state index is -0.136. The first kappa shape index (κ1) is 16.1. The number of rotatable bonds is 3. The molecule has 0 bridgehead atoms. The predicted octanol–water partition coefficient (Wildman–Crippen LogP) is 2.76. The Kier molecular flexibility index (Phi) is 4.44. The number of ether oxygens (including phenoxy) is 1. The molecule has 1 N–H and O–H groups in total. The molecular formula is C19H22N4O2. The normalized spacial score (nSPS) is 22.0. The average Bonchev–Trinajstić information content (AvgIpc) is 3.05. The number of nitrogens with zero attached hydrogens (tertiary/aromatic N) is 3. The van der Waals surface area contributed by atoms with Gasteiger partial charge in [0.05, 0.1) is 23.8 Å². The van der Waals surface area contributed by atoms with Crippen molar-refractivity contribution >= 4 is 5.91 Å². The van der Waals surface area contributed by atoms with E-state index in [0.717, 1.165) is 24.8 Å². The van der Waals surface area contributed by atoms with Crippen molar-refractivity contribution in [3.05, 3.63) is 42.5 Å². The van der Waals surface area contributed by atoms with Gasteiger partial charge in [-0.25, -0.2) is 9.97 Å². The van der Waals surface area contributed by atoms with Gasteiger partial charge in [0, 0.05) is 30.4 Å². The van der Waals surface area contributed by atoms with E-state index in [4.69, 9.17) is 4.74 Å². The SMILES string of the molecule is O=C(N[C@H]1COC2(CCCCC2)C1)c1cnc(-c2ccncc2)nc1. The lowest BCUT2D eigenvalue weighted by atomic mass is 9.82. The summed E-state index contributed by atoms with van der Waals surface area (Å²) in [4.78, 5) is 25.0. The molecule has 0 aromatic carbocycles.